The van der Waals surface area contributed by atoms with Crippen molar-refractivity contribution in [3.8, 4) is 0 Å². The van der Waals surface area contributed by atoms with Gasteiger partial charge in [0.05, 0.1) is 0 Å². The van der Waals surface area contributed by atoms with E-state index in [0.717, 1.165) is 12.0 Å². The van der Waals surface area contributed by atoms with Crippen molar-refractivity contribution >= 4 is 0 Å². The predicted octanol–water partition coefficient (Wildman–Crippen LogP) is 2.64. The second kappa shape index (κ2) is 6.02. The van der Waals surface area contributed by atoms with E-state index in [2.05, 4.69) is 24.1 Å². The Morgan fingerprint density at radius 2 is 2.00 bits per heavy atom. The Kier molecular flexibility index (Phi) is 4.66. The smallest absolute Gasteiger partial charge is 0.00965 e. The molecule has 0 heterocycles. The Morgan fingerprint density at radius 3 is 2.56 bits per heavy atom. The van der Waals surface area contributed by atoms with Crippen LogP contribution in [-0.2, 0) is 0 Å². The molecular weight excluding hydrogens is 196 g/mol. The zero-order valence-corrected chi connectivity index (χ0v) is 11.0. The van der Waals surface area contributed by atoms with Crippen LogP contribution in [0.25, 0.3) is 0 Å². The van der Waals surface area contributed by atoms with E-state index >= 15 is 0 Å². The minimum absolute atomic E-state index is 0.695. The summed E-state index contributed by atoms with van der Waals surface area (Å²) < 4.78 is 0. The van der Waals surface area contributed by atoms with Crippen molar-refractivity contribution in [2.75, 3.05) is 19.6 Å². The lowest BCUT2D eigenvalue weighted by Gasteiger charge is -2.24. The molecule has 2 aliphatic carbocycles. The molecular formula is C14H28N2. The van der Waals surface area contributed by atoms with Gasteiger partial charge in [-0.1, -0.05) is 6.92 Å². The van der Waals surface area contributed by atoms with Crippen LogP contribution in [0.1, 0.15) is 52.4 Å². The summed E-state index contributed by atoms with van der Waals surface area (Å²) in [6.45, 7) is 8.46. The highest BCUT2D eigenvalue weighted by Gasteiger charge is 2.33. The lowest BCUT2D eigenvalue weighted by Crippen LogP contribution is -2.35. The number of nitrogens with one attached hydrogen (secondary N) is 1. The molecule has 0 amide bonds. The van der Waals surface area contributed by atoms with Gasteiger partial charge in [0.15, 0.2) is 0 Å². The summed E-state index contributed by atoms with van der Waals surface area (Å²) in [6, 6.07) is 1.65. The third-order valence-electron chi connectivity index (χ3n) is 3.85. The molecule has 0 aromatic carbocycles. The molecule has 0 bridgehead atoms. The second-order valence-corrected chi connectivity index (χ2v) is 5.81. The van der Waals surface area contributed by atoms with Gasteiger partial charge in [0.25, 0.3) is 0 Å². The molecule has 2 nitrogen and oxygen atoms in total. The molecule has 0 aromatic rings. The first-order valence-electron chi connectivity index (χ1n) is 7.27. The van der Waals surface area contributed by atoms with Crippen molar-refractivity contribution in [3.63, 3.8) is 0 Å². The van der Waals surface area contributed by atoms with E-state index in [1.165, 1.54) is 58.2 Å². The van der Waals surface area contributed by atoms with E-state index in [1.54, 1.807) is 0 Å². The van der Waals surface area contributed by atoms with Crippen LogP contribution in [0.4, 0.5) is 0 Å². The summed E-state index contributed by atoms with van der Waals surface area (Å²) in [6.07, 6.45) is 8.48. The fraction of sp³-hybridized carbons (Fsp3) is 1.00. The van der Waals surface area contributed by atoms with Gasteiger partial charge in [-0.2, -0.15) is 0 Å². The van der Waals surface area contributed by atoms with Crippen molar-refractivity contribution in [3.05, 3.63) is 0 Å². The Labute approximate surface area is 101 Å². The zero-order chi connectivity index (χ0) is 11.4. The maximum absolute atomic E-state index is 3.59. The van der Waals surface area contributed by atoms with Gasteiger partial charge in [-0.25, -0.2) is 0 Å². The van der Waals surface area contributed by atoms with E-state index < -0.39 is 0 Å². The molecule has 1 N–H and O–H groups in total. The highest BCUT2D eigenvalue weighted by atomic mass is 15.2. The van der Waals surface area contributed by atoms with Crippen molar-refractivity contribution in [2.24, 2.45) is 5.92 Å². The summed E-state index contributed by atoms with van der Waals surface area (Å²) in [4.78, 5) is 2.77. The molecule has 2 saturated carbocycles. The first-order valence-corrected chi connectivity index (χ1v) is 7.27. The van der Waals surface area contributed by atoms with Gasteiger partial charge in [0.1, 0.15) is 0 Å². The van der Waals surface area contributed by atoms with Crippen molar-refractivity contribution in [1.29, 1.82) is 0 Å². The average Bonchev–Trinajstić information content (AvgIpc) is 3.13. The third-order valence-corrected chi connectivity index (χ3v) is 3.85. The lowest BCUT2D eigenvalue weighted by molar-refractivity contribution is 0.239. The molecule has 0 spiro atoms. The molecule has 2 fully saturated rings. The highest BCUT2D eigenvalue weighted by molar-refractivity contribution is 4.88. The van der Waals surface area contributed by atoms with Crippen LogP contribution in [-0.4, -0.2) is 36.6 Å². The Bertz CT molecular complexity index is 197. The average molecular weight is 224 g/mol. The van der Waals surface area contributed by atoms with Crippen LogP contribution in [0.15, 0.2) is 0 Å². The molecule has 1 unspecified atom stereocenters. The van der Waals surface area contributed by atoms with Gasteiger partial charge < -0.3 is 10.2 Å². The zero-order valence-electron chi connectivity index (χ0n) is 11.0. The summed E-state index contributed by atoms with van der Waals surface area (Å²) in [7, 11) is 0. The molecule has 2 heteroatoms. The van der Waals surface area contributed by atoms with Crippen LogP contribution in [0.2, 0.25) is 0 Å². The van der Waals surface area contributed by atoms with Crippen LogP contribution in [0.3, 0.4) is 0 Å². The molecule has 0 aromatic heterocycles. The van der Waals surface area contributed by atoms with Crippen LogP contribution in [0, 0.1) is 5.92 Å². The Morgan fingerprint density at radius 1 is 1.25 bits per heavy atom. The van der Waals surface area contributed by atoms with Gasteiger partial charge in [0.2, 0.25) is 0 Å². The van der Waals surface area contributed by atoms with Crippen LogP contribution < -0.4 is 5.32 Å². The number of nitrogens with zero attached hydrogens (tertiary/aromatic N) is 1. The second-order valence-electron chi connectivity index (χ2n) is 5.81. The minimum Gasteiger partial charge on any atom is -0.314 e. The standard InChI is InChI=1S/C14H28N2/c1-3-9-15-12(2)8-10-16(14-6-7-14)11-13-4-5-13/h12-15H,3-11H2,1-2H3. The van der Waals surface area contributed by atoms with E-state index in [0.29, 0.717) is 6.04 Å². The van der Waals surface area contributed by atoms with Crippen molar-refractivity contribution < 1.29 is 0 Å². The van der Waals surface area contributed by atoms with Crippen LogP contribution in [0.5, 0.6) is 0 Å². The molecule has 16 heavy (non-hydrogen) atoms. The monoisotopic (exact) mass is 224 g/mol. The Balaban J connectivity index is 1.60. The summed E-state index contributed by atoms with van der Waals surface area (Å²) in [5.41, 5.74) is 0. The topological polar surface area (TPSA) is 15.3 Å². The normalized spacial score (nSPS) is 22.7. The molecule has 0 radical (unpaired) electrons. The molecule has 2 rings (SSSR count). The van der Waals surface area contributed by atoms with E-state index in [9.17, 15) is 0 Å². The van der Waals surface area contributed by atoms with Crippen molar-refractivity contribution in [1.82, 2.24) is 10.2 Å². The van der Waals surface area contributed by atoms with Crippen molar-refractivity contribution in [2.45, 2.75) is 64.5 Å². The quantitative estimate of drug-likeness (QED) is 0.648. The predicted molar refractivity (Wildman–Crippen MR) is 69.7 cm³/mol. The molecule has 0 aliphatic heterocycles. The molecule has 2 aliphatic rings. The number of hydrogen-bond donors (Lipinski definition) is 1. The first-order chi connectivity index (χ1) is 7.79. The fourth-order valence-electron chi connectivity index (χ4n) is 2.35. The third kappa shape index (κ3) is 4.42. The minimum atomic E-state index is 0.695. The van der Waals surface area contributed by atoms with Gasteiger partial charge in [-0.3, -0.25) is 0 Å². The summed E-state index contributed by atoms with van der Waals surface area (Å²) in [5, 5.41) is 3.59. The van der Waals surface area contributed by atoms with Gasteiger partial charge in [0, 0.05) is 18.6 Å². The van der Waals surface area contributed by atoms with Gasteiger partial charge >= 0.3 is 0 Å². The number of hydrogen-bond acceptors (Lipinski definition) is 2. The maximum Gasteiger partial charge on any atom is 0.00965 e. The van der Waals surface area contributed by atoms with Gasteiger partial charge in [-0.15, -0.1) is 0 Å². The van der Waals surface area contributed by atoms with E-state index in [-0.39, 0.29) is 0 Å². The SMILES string of the molecule is CCCNC(C)CCN(CC1CC1)C1CC1. The summed E-state index contributed by atoms with van der Waals surface area (Å²) >= 11 is 0. The molecule has 94 valence electrons. The van der Waals surface area contributed by atoms with E-state index in [1.807, 2.05) is 0 Å². The molecule has 0 saturated heterocycles. The Hall–Kier alpha value is -0.0800. The largest absolute Gasteiger partial charge is 0.314 e. The van der Waals surface area contributed by atoms with E-state index in [4.69, 9.17) is 0 Å². The lowest BCUT2D eigenvalue weighted by atomic mass is 10.2. The summed E-state index contributed by atoms with van der Waals surface area (Å²) in [5.74, 6) is 1.06. The first kappa shape index (κ1) is 12.4. The maximum atomic E-state index is 3.59. The van der Waals surface area contributed by atoms with Gasteiger partial charge in [-0.05, 0) is 64.5 Å². The number of rotatable bonds is 9. The van der Waals surface area contributed by atoms with Crippen LogP contribution >= 0.6 is 0 Å². The fourth-order valence-corrected chi connectivity index (χ4v) is 2.35. The highest BCUT2D eigenvalue weighted by Crippen LogP contribution is 2.34. The molecule has 1 atom stereocenters.